The number of rotatable bonds is 6. The van der Waals surface area contributed by atoms with Gasteiger partial charge in [-0.2, -0.15) is 0 Å². The normalized spacial score (nSPS) is 19.5. The van der Waals surface area contributed by atoms with E-state index in [4.69, 9.17) is 0 Å². The van der Waals surface area contributed by atoms with Crippen LogP contribution < -0.4 is 10.2 Å². The van der Waals surface area contributed by atoms with Gasteiger partial charge in [0.25, 0.3) is 5.91 Å². The van der Waals surface area contributed by atoms with E-state index in [9.17, 15) is 13.2 Å². The van der Waals surface area contributed by atoms with Crippen molar-refractivity contribution in [2.45, 2.75) is 39.2 Å². The molecule has 7 nitrogen and oxygen atoms in total. The largest absolute Gasteiger partial charge is 0.347 e. The Hall–Kier alpha value is -1.70. The van der Waals surface area contributed by atoms with Crippen LogP contribution in [0, 0.1) is 6.92 Å². The minimum atomic E-state index is -3.02. The molecule has 1 fully saturated rings. The van der Waals surface area contributed by atoms with Gasteiger partial charge in [-0.15, -0.1) is 0 Å². The summed E-state index contributed by atoms with van der Waals surface area (Å²) in [5, 5.41) is 2.76. The number of hydrogen-bond acceptors (Lipinski definition) is 6. The van der Waals surface area contributed by atoms with E-state index in [1.54, 1.807) is 6.07 Å². The van der Waals surface area contributed by atoms with Gasteiger partial charge in [0.2, 0.25) is 5.95 Å². The molecule has 2 heterocycles. The Bertz CT molecular complexity index is 675. The maximum atomic E-state index is 12.3. The number of aromatic nitrogens is 2. The molecule has 1 aromatic rings. The zero-order chi connectivity index (χ0) is 17.0. The first-order valence-electron chi connectivity index (χ1n) is 7.89. The molecule has 23 heavy (non-hydrogen) atoms. The summed E-state index contributed by atoms with van der Waals surface area (Å²) in [6.07, 6.45) is 2.55. The van der Waals surface area contributed by atoms with E-state index in [2.05, 4.69) is 22.2 Å². The van der Waals surface area contributed by atoms with E-state index in [0.29, 0.717) is 18.1 Å². The van der Waals surface area contributed by atoms with E-state index in [1.807, 2.05) is 18.9 Å². The molecule has 0 aromatic carbocycles. The van der Waals surface area contributed by atoms with Crippen molar-refractivity contribution in [3.63, 3.8) is 0 Å². The number of aryl methyl sites for hydroxylation is 1. The van der Waals surface area contributed by atoms with Crippen LogP contribution in [0.5, 0.6) is 0 Å². The number of carbonyl (C=O) groups is 1. The standard InChI is InChI=1S/C15H24N4O3S/c1-4-5-7-19(3)15-16-11(2)9-13(18-15)14(20)17-12-6-8-23(21,22)10-12/h9,12H,4-8,10H2,1-3H3,(H,17,20). The minimum Gasteiger partial charge on any atom is -0.347 e. The van der Waals surface area contributed by atoms with Crippen LogP contribution in [0.15, 0.2) is 6.07 Å². The fourth-order valence-electron chi connectivity index (χ4n) is 2.50. The Morgan fingerprint density at radius 1 is 1.43 bits per heavy atom. The Morgan fingerprint density at radius 2 is 2.17 bits per heavy atom. The number of carbonyl (C=O) groups excluding carboxylic acids is 1. The van der Waals surface area contributed by atoms with Gasteiger partial charge in [0.05, 0.1) is 11.5 Å². The highest BCUT2D eigenvalue weighted by Crippen LogP contribution is 2.13. The molecule has 2 rings (SSSR count). The Morgan fingerprint density at radius 3 is 2.78 bits per heavy atom. The molecule has 1 amide bonds. The van der Waals surface area contributed by atoms with E-state index in [-0.39, 0.29) is 29.1 Å². The van der Waals surface area contributed by atoms with E-state index >= 15 is 0 Å². The molecule has 1 N–H and O–H groups in total. The predicted molar refractivity (Wildman–Crippen MR) is 89.5 cm³/mol. The molecule has 0 aliphatic carbocycles. The van der Waals surface area contributed by atoms with E-state index < -0.39 is 9.84 Å². The van der Waals surface area contributed by atoms with Gasteiger partial charge >= 0.3 is 0 Å². The van der Waals surface area contributed by atoms with Gasteiger partial charge in [-0.3, -0.25) is 4.79 Å². The maximum Gasteiger partial charge on any atom is 0.270 e. The monoisotopic (exact) mass is 340 g/mol. The summed E-state index contributed by atoms with van der Waals surface area (Å²) in [4.78, 5) is 22.9. The van der Waals surface area contributed by atoms with Crippen molar-refractivity contribution in [1.29, 1.82) is 0 Å². The average Bonchev–Trinajstić information content (AvgIpc) is 2.82. The van der Waals surface area contributed by atoms with Crippen LogP contribution in [-0.2, 0) is 9.84 Å². The van der Waals surface area contributed by atoms with Gasteiger partial charge in [0, 0.05) is 25.3 Å². The molecule has 1 atom stereocenters. The summed E-state index contributed by atoms with van der Waals surface area (Å²) >= 11 is 0. The maximum absolute atomic E-state index is 12.3. The highest BCUT2D eigenvalue weighted by Gasteiger charge is 2.29. The summed E-state index contributed by atoms with van der Waals surface area (Å²) < 4.78 is 22.9. The quantitative estimate of drug-likeness (QED) is 0.828. The number of unbranched alkanes of at least 4 members (excludes halogenated alkanes) is 1. The van der Waals surface area contributed by atoms with Crippen LogP contribution in [0.3, 0.4) is 0 Å². The minimum absolute atomic E-state index is 0.00602. The van der Waals surface area contributed by atoms with Crippen LogP contribution in [0.2, 0.25) is 0 Å². The molecule has 1 saturated heterocycles. The molecule has 128 valence electrons. The SMILES string of the molecule is CCCCN(C)c1nc(C)cc(C(=O)NC2CCS(=O)(=O)C2)n1. The fraction of sp³-hybridized carbons (Fsp3) is 0.667. The number of hydrogen-bond donors (Lipinski definition) is 1. The summed E-state index contributed by atoms with van der Waals surface area (Å²) in [5.41, 5.74) is 0.989. The number of sulfone groups is 1. The molecule has 1 aliphatic rings. The zero-order valence-electron chi connectivity index (χ0n) is 13.9. The van der Waals surface area contributed by atoms with Gasteiger partial charge in [-0.25, -0.2) is 18.4 Å². The molecule has 1 aromatic heterocycles. The van der Waals surface area contributed by atoms with Gasteiger partial charge < -0.3 is 10.2 Å². The van der Waals surface area contributed by atoms with Crippen molar-refractivity contribution in [2.24, 2.45) is 0 Å². The lowest BCUT2D eigenvalue weighted by Crippen LogP contribution is -2.36. The van der Waals surface area contributed by atoms with Crippen molar-refractivity contribution < 1.29 is 13.2 Å². The second-order valence-electron chi connectivity index (χ2n) is 6.04. The first-order chi connectivity index (χ1) is 10.8. The molecule has 0 radical (unpaired) electrons. The van der Waals surface area contributed by atoms with Crippen molar-refractivity contribution in [1.82, 2.24) is 15.3 Å². The van der Waals surface area contributed by atoms with Gasteiger partial charge in [0.15, 0.2) is 9.84 Å². The van der Waals surface area contributed by atoms with Crippen molar-refractivity contribution in [3.05, 3.63) is 17.5 Å². The zero-order valence-corrected chi connectivity index (χ0v) is 14.7. The molecule has 1 unspecified atom stereocenters. The van der Waals surface area contributed by atoms with Crippen molar-refractivity contribution >= 4 is 21.7 Å². The molecule has 0 spiro atoms. The second kappa shape index (κ2) is 7.25. The van der Waals surface area contributed by atoms with Crippen LogP contribution in [-0.4, -0.2) is 55.4 Å². The molecule has 0 bridgehead atoms. The molecule has 0 saturated carbocycles. The molecule has 1 aliphatic heterocycles. The molecular formula is C15H24N4O3S. The van der Waals surface area contributed by atoms with E-state index in [1.165, 1.54) is 0 Å². The van der Waals surface area contributed by atoms with Crippen LogP contribution in [0.4, 0.5) is 5.95 Å². The number of anilines is 1. The van der Waals surface area contributed by atoms with Gasteiger partial charge in [0.1, 0.15) is 5.69 Å². The third-order valence-electron chi connectivity index (χ3n) is 3.83. The Labute approximate surface area is 137 Å². The van der Waals surface area contributed by atoms with Crippen molar-refractivity contribution in [3.8, 4) is 0 Å². The lowest BCUT2D eigenvalue weighted by molar-refractivity contribution is 0.0936. The van der Waals surface area contributed by atoms with Gasteiger partial charge in [-0.05, 0) is 25.8 Å². The number of nitrogens with zero attached hydrogens (tertiary/aromatic N) is 3. The van der Waals surface area contributed by atoms with Gasteiger partial charge in [-0.1, -0.05) is 13.3 Å². The molecular weight excluding hydrogens is 316 g/mol. The third kappa shape index (κ3) is 4.89. The highest BCUT2D eigenvalue weighted by atomic mass is 32.2. The topological polar surface area (TPSA) is 92.3 Å². The summed E-state index contributed by atoms with van der Waals surface area (Å²) in [6.45, 7) is 4.75. The smallest absolute Gasteiger partial charge is 0.270 e. The predicted octanol–water partition coefficient (Wildman–Crippen LogP) is 0.938. The molecule has 8 heteroatoms. The lowest BCUT2D eigenvalue weighted by atomic mass is 10.2. The first-order valence-corrected chi connectivity index (χ1v) is 9.71. The summed E-state index contributed by atoms with van der Waals surface area (Å²) in [5.74, 6) is 0.308. The number of amides is 1. The summed E-state index contributed by atoms with van der Waals surface area (Å²) in [7, 11) is -1.12. The Balaban J connectivity index is 2.09. The van der Waals surface area contributed by atoms with E-state index in [0.717, 1.165) is 19.4 Å². The lowest BCUT2D eigenvalue weighted by Gasteiger charge is -2.18. The van der Waals surface area contributed by atoms with Crippen LogP contribution >= 0.6 is 0 Å². The van der Waals surface area contributed by atoms with Crippen molar-refractivity contribution in [2.75, 3.05) is 30.0 Å². The first kappa shape index (κ1) is 17.7. The fourth-order valence-corrected chi connectivity index (χ4v) is 4.18. The average molecular weight is 340 g/mol. The third-order valence-corrected chi connectivity index (χ3v) is 5.60. The van der Waals surface area contributed by atoms with Crippen LogP contribution in [0.25, 0.3) is 0 Å². The summed E-state index contributed by atoms with van der Waals surface area (Å²) in [6, 6.07) is 1.29. The van der Waals surface area contributed by atoms with Crippen LogP contribution in [0.1, 0.15) is 42.4 Å². The second-order valence-corrected chi connectivity index (χ2v) is 8.27. The highest BCUT2D eigenvalue weighted by molar-refractivity contribution is 7.91. The number of nitrogens with one attached hydrogen (secondary N) is 1. The Kier molecular flexibility index (Phi) is 5.56.